The lowest BCUT2D eigenvalue weighted by Crippen LogP contribution is -2.38. The molecule has 1 atom stereocenters. The SMILES string of the molecule is CCOC(C)NC(N)=O. The number of urea groups is 1. The smallest absolute Gasteiger partial charge is 0.314 e. The van der Waals surface area contributed by atoms with Crippen LogP contribution in [-0.2, 0) is 4.74 Å². The first-order chi connectivity index (χ1) is 4.16. The monoisotopic (exact) mass is 132 g/mol. The van der Waals surface area contributed by atoms with Crippen molar-refractivity contribution in [3.05, 3.63) is 0 Å². The van der Waals surface area contributed by atoms with Gasteiger partial charge in [-0.2, -0.15) is 0 Å². The first-order valence-electron chi connectivity index (χ1n) is 2.84. The molecule has 0 aliphatic heterocycles. The zero-order valence-corrected chi connectivity index (χ0v) is 5.68. The molecule has 0 aromatic rings. The fourth-order valence-electron chi connectivity index (χ4n) is 0.492. The molecule has 0 aromatic heterocycles. The predicted octanol–water partition coefficient (Wildman–Crippen LogP) is 0.0372. The van der Waals surface area contributed by atoms with Crippen molar-refractivity contribution in [2.24, 2.45) is 5.73 Å². The second-order valence-corrected chi connectivity index (χ2v) is 1.61. The van der Waals surface area contributed by atoms with E-state index in [4.69, 9.17) is 10.5 Å². The van der Waals surface area contributed by atoms with Gasteiger partial charge in [0, 0.05) is 6.61 Å². The highest BCUT2D eigenvalue weighted by Gasteiger charge is 1.99. The van der Waals surface area contributed by atoms with Crippen LogP contribution in [0, 0.1) is 0 Å². The summed E-state index contributed by atoms with van der Waals surface area (Å²) in [4.78, 5) is 10.1. The lowest BCUT2D eigenvalue weighted by molar-refractivity contribution is 0.0603. The van der Waals surface area contributed by atoms with Crippen LogP contribution in [0.4, 0.5) is 4.79 Å². The number of carbonyl (C=O) groups excluding carboxylic acids is 1. The lowest BCUT2D eigenvalue weighted by Gasteiger charge is -2.10. The number of primary amides is 1. The fourth-order valence-corrected chi connectivity index (χ4v) is 0.492. The van der Waals surface area contributed by atoms with Crippen molar-refractivity contribution < 1.29 is 9.53 Å². The minimum absolute atomic E-state index is 0.285. The molecule has 0 aliphatic carbocycles. The van der Waals surface area contributed by atoms with E-state index in [1.165, 1.54) is 0 Å². The number of hydrogen-bond donors (Lipinski definition) is 2. The Bertz CT molecular complexity index is 95.0. The molecule has 3 N–H and O–H groups in total. The maximum Gasteiger partial charge on any atom is 0.314 e. The van der Waals surface area contributed by atoms with Crippen molar-refractivity contribution >= 4 is 6.03 Å². The van der Waals surface area contributed by atoms with Gasteiger partial charge in [0.2, 0.25) is 0 Å². The lowest BCUT2D eigenvalue weighted by atomic mass is 10.6. The number of nitrogens with two attached hydrogens (primary N) is 1. The van der Waals surface area contributed by atoms with Gasteiger partial charge in [0.1, 0.15) is 6.23 Å². The number of amides is 2. The minimum atomic E-state index is -0.559. The molecule has 2 amide bonds. The predicted molar refractivity (Wildman–Crippen MR) is 33.8 cm³/mol. The van der Waals surface area contributed by atoms with Crippen LogP contribution in [0.25, 0.3) is 0 Å². The average molecular weight is 132 g/mol. The largest absolute Gasteiger partial charge is 0.359 e. The summed E-state index contributed by atoms with van der Waals surface area (Å²) in [6.07, 6.45) is -0.285. The molecule has 0 radical (unpaired) electrons. The normalized spacial score (nSPS) is 12.7. The molecular weight excluding hydrogens is 120 g/mol. The Hall–Kier alpha value is -0.770. The Morgan fingerprint density at radius 2 is 2.44 bits per heavy atom. The van der Waals surface area contributed by atoms with Gasteiger partial charge < -0.3 is 15.8 Å². The second kappa shape index (κ2) is 4.14. The standard InChI is InChI=1S/C5H12N2O2/c1-3-9-4(2)7-5(6)8/h4H,3H2,1-2H3,(H3,6,7,8). The summed E-state index contributed by atoms with van der Waals surface area (Å²) in [5, 5.41) is 2.36. The summed E-state index contributed by atoms with van der Waals surface area (Å²) in [6, 6.07) is -0.559. The van der Waals surface area contributed by atoms with Gasteiger partial charge in [0.05, 0.1) is 0 Å². The Morgan fingerprint density at radius 3 is 2.78 bits per heavy atom. The third kappa shape index (κ3) is 5.10. The van der Waals surface area contributed by atoms with Crippen LogP contribution in [0.15, 0.2) is 0 Å². The quantitative estimate of drug-likeness (QED) is 0.532. The minimum Gasteiger partial charge on any atom is -0.359 e. The molecule has 0 spiro atoms. The number of carbonyl (C=O) groups is 1. The van der Waals surface area contributed by atoms with Gasteiger partial charge in [-0.15, -0.1) is 0 Å². The number of nitrogens with one attached hydrogen (secondary N) is 1. The number of hydrogen-bond acceptors (Lipinski definition) is 2. The van der Waals surface area contributed by atoms with Crippen LogP contribution in [0.3, 0.4) is 0 Å². The third-order valence-electron chi connectivity index (χ3n) is 0.762. The van der Waals surface area contributed by atoms with Crippen LogP contribution in [-0.4, -0.2) is 18.9 Å². The van der Waals surface area contributed by atoms with Crippen molar-refractivity contribution in [3.8, 4) is 0 Å². The van der Waals surface area contributed by atoms with Crippen LogP contribution in [0.2, 0.25) is 0 Å². The average Bonchev–Trinajstić information content (AvgIpc) is 1.63. The Kier molecular flexibility index (Phi) is 3.79. The summed E-state index contributed by atoms with van der Waals surface area (Å²) >= 11 is 0. The Balaban J connectivity index is 3.26. The summed E-state index contributed by atoms with van der Waals surface area (Å²) < 4.78 is 4.94. The maximum atomic E-state index is 10.1. The van der Waals surface area contributed by atoms with Crippen molar-refractivity contribution in [2.45, 2.75) is 20.1 Å². The molecule has 0 heterocycles. The zero-order chi connectivity index (χ0) is 7.28. The summed E-state index contributed by atoms with van der Waals surface area (Å²) in [7, 11) is 0. The van der Waals surface area contributed by atoms with E-state index in [-0.39, 0.29) is 6.23 Å². The molecule has 4 nitrogen and oxygen atoms in total. The second-order valence-electron chi connectivity index (χ2n) is 1.61. The molecule has 0 saturated heterocycles. The molecule has 0 fully saturated rings. The Labute approximate surface area is 54.4 Å². The van der Waals surface area contributed by atoms with Gasteiger partial charge in [0.25, 0.3) is 0 Å². The van der Waals surface area contributed by atoms with Gasteiger partial charge in [-0.1, -0.05) is 0 Å². The van der Waals surface area contributed by atoms with Crippen molar-refractivity contribution in [1.82, 2.24) is 5.32 Å². The van der Waals surface area contributed by atoms with Gasteiger partial charge in [-0.3, -0.25) is 0 Å². The highest BCUT2D eigenvalue weighted by atomic mass is 16.5. The molecule has 0 rings (SSSR count). The Morgan fingerprint density at radius 1 is 1.89 bits per heavy atom. The highest BCUT2D eigenvalue weighted by Crippen LogP contribution is 1.81. The molecule has 9 heavy (non-hydrogen) atoms. The van der Waals surface area contributed by atoms with E-state index in [9.17, 15) is 4.79 Å². The topological polar surface area (TPSA) is 64.3 Å². The van der Waals surface area contributed by atoms with E-state index in [0.717, 1.165) is 0 Å². The van der Waals surface area contributed by atoms with E-state index in [1.54, 1.807) is 6.92 Å². The van der Waals surface area contributed by atoms with Gasteiger partial charge in [-0.05, 0) is 13.8 Å². The van der Waals surface area contributed by atoms with Crippen LogP contribution in [0.5, 0.6) is 0 Å². The molecule has 0 saturated carbocycles. The molecule has 0 bridgehead atoms. The fraction of sp³-hybridized carbons (Fsp3) is 0.800. The van der Waals surface area contributed by atoms with Crippen molar-refractivity contribution in [2.75, 3.05) is 6.61 Å². The van der Waals surface area contributed by atoms with E-state index in [2.05, 4.69) is 5.32 Å². The van der Waals surface area contributed by atoms with Crippen LogP contribution in [0.1, 0.15) is 13.8 Å². The molecular formula is C5H12N2O2. The van der Waals surface area contributed by atoms with Crippen LogP contribution >= 0.6 is 0 Å². The maximum absolute atomic E-state index is 10.1. The van der Waals surface area contributed by atoms with Crippen molar-refractivity contribution in [3.63, 3.8) is 0 Å². The van der Waals surface area contributed by atoms with Gasteiger partial charge in [-0.25, -0.2) is 4.79 Å². The molecule has 0 aliphatic rings. The van der Waals surface area contributed by atoms with Gasteiger partial charge in [0.15, 0.2) is 0 Å². The van der Waals surface area contributed by atoms with Crippen LogP contribution < -0.4 is 11.1 Å². The molecule has 54 valence electrons. The molecule has 0 aromatic carbocycles. The molecule has 1 unspecified atom stereocenters. The molecule has 4 heteroatoms. The first-order valence-corrected chi connectivity index (χ1v) is 2.84. The highest BCUT2D eigenvalue weighted by molar-refractivity contribution is 5.71. The summed E-state index contributed by atoms with van der Waals surface area (Å²) in [5.41, 5.74) is 4.79. The summed E-state index contributed by atoms with van der Waals surface area (Å²) in [6.45, 7) is 4.13. The summed E-state index contributed by atoms with van der Waals surface area (Å²) in [5.74, 6) is 0. The van der Waals surface area contributed by atoms with E-state index in [1.807, 2.05) is 6.92 Å². The number of rotatable bonds is 3. The van der Waals surface area contributed by atoms with E-state index < -0.39 is 6.03 Å². The third-order valence-corrected chi connectivity index (χ3v) is 0.762. The number of ether oxygens (including phenoxy) is 1. The van der Waals surface area contributed by atoms with Gasteiger partial charge >= 0.3 is 6.03 Å². The van der Waals surface area contributed by atoms with E-state index >= 15 is 0 Å². The van der Waals surface area contributed by atoms with E-state index in [0.29, 0.717) is 6.61 Å². The van der Waals surface area contributed by atoms with Crippen molar-refractivity contribution in [1.29, 1.82) is 0 Å². The first kappa shape index (κ1) is 8.23. The zero-order valence-electron chi connectivity index (χ0n) is 5.68.